The molecule has 1 unspecified atom stereocenters. The molecule has 0 heterocycles. The number of hydrogen-bond donors (Lipinski definition) is 0. The molecule has 0 aromatic rings. The van der Waals surface area contributed by atoms with E-state index >= 15 is 0 Å². The maximum atomic E-state index is 12.8. The van der Waals surface area contributed by atoms with Gasteiger partial charge in [-0.05, 0) is 51.4 Å². The van der Waals surface area contributed by atoms with Crippen LogP contribution in [0, 0.1) is 0 Å². The van der Waals surface area contributed by atoms with Crippen molar-refractivity contribution in [2.45, 2.75) is 297 Å². The van der Waals surface area contributed by atoms with Gasteiger partial charge in [0.05, 0.1) is 6.61 Å². The minimum absolute atomic E-state index is 0.0848. The second kappa shape index (κ2) is 53.5. The van der Waals surface area contributed by atoms with Crippen molar-refractivity contribution in [3.8, 4) is 0 Å². The average Bonchev–Trinajstić information content (AvgIpc) is 3.27. The number of carbonyl (C=O) groups is 2. The summed E-state index contributed by atoms with van der Waals surface area (Å²) in [6.07, 6.45) is 64.4. The summed E-state index contributed by atoms with van der Waals surface area (Å²) in [5.41, 5.74) is 0. The van der Waals surface area contributed by atoms with Crippen LogP contribution in [0.2, 0.25) is 0 Å². The van der Waals surface area contributed by atoms with Crippen molar-refractivity contribution in [3.05, 3.63) is 36.5 Å². The molecule has 0 aromatic heterocycles. The fraction of sp³-hybridized carbons (Fsp3) is 0.860. The highest BCUT2D eigenvalue weighted by atomic mass is 16.6. The molecule has 0 rings (SSSR count). The fourth-order valence-electron chi connectivity index (χ4n) is 8.12. The minimum Gasteiger partial charge on any atom is -0.462 e. The van der Waals surface area contributed by atoms with Gasteiger partial charge in [0.2, 0.25) is 0 Å². The first-order chi connectivity index (χ1) is 30.6. The monoisotopic (exact) mass is 871 g/mol. The van der Waals surface area contributed by atoms with Gasteiger partial charge in [-0.2, -0.15) is 0 Å². The lowest BCUT2D eigenvalue weighted by molar-refractivity contribution is -0.163. The SMILES string of the molecule is CC/C=C\C/C=C\C/C=C\CCCCCCCC(=O)OC(COCCCCCCCCCCCCCCCC)COC(=O)CCCCCCCCCCCCCCCCCCC. The first kappa shape index (κ1) is 60.1. The van der Waals surface area contributed by atoms with Crippen molar-refractivity contribution in [3.63, 3.8) is 0 Å². The predicted molar refractivity (Wildman–Crippen MR) is 270 cm³/mol. The van der Waals surface area contributed by atoms with Crippen molar-refractivity contribution in [1.82, 2.24) is 0 Å². The molecule has 0 aliphatic rings. The molecule has 0 aromatic carbocycles. The molecule has 0 N–H and O–H groups in total. The summed E-state index contributed by atoms with van der Waals surface area (Å²) >= 11 is 0. The van der Waals surface area contributed by atoms with Crippen LogP contribution >= 0.6 is 0 Å². The van der Waals surface area contributed by atoms with Gasteiger partial charge in [-0.25, -0.2) is 0 Å². The van der Waals surface area contributed by atoms with Gasteiger partial charge in [0, 0.05) is 19.4 Å². The fourth-order valence-corrected chi connectivity index (χ4v) is 8.12. The number of ether oxygens (including phenoxy) is 3. The predicted octanol–water partition coefficient (Wildman–Crippen LogP) is 18.6. The molecule has 62 heavy (non-hydrogen) atoms. The molecule has 1 atom stereocenters. The maximum Gasteiger partial charge on any atom is 0.306 e. The molecule has 0 bridgehead atoms. The molecule has 0 spiro atoms. The zero-order valence-corrected chi connectivity index (χ0v) is 41.9. The van der Waals surface area contributed by atoms with Gasteiger partial charge in [-0.15, -0.1) is 0 Å². The van der Waals surface area contributed by atoms with E-state index in [1.165, 1.54) is 193 Å². The first-order valence-electron chi connectivity index (χ1n) is 27.5. The largest absolute Gasteiger partial charge is 0.462 e. The molecular weight excluding hydrogens is 765 g/mol. The van der Waals surface area contributed by atoms with E-state index in [1.807, 2.05) is 0 Å². The third-order valence-corrected chi connectivity index (χ3v) is 12.2. The van der Waals surface area contributed by atoms with Crippen LogP contribution in [0.4, 0.5) is 0 Å². The highest BCUT2D eigenvalue weighted by Gasteiger charge is 2.17. The average molecular weight is 871 g/mol. The molecule has 0 saturated carbocycles. The van der Waals surface area contributed by atoms with Gasteiger partial charge in [0.15, 0.2) is 6.10 Å². The summed E-state index contributed by atoms with van der Waals surface area (Å²) in [6.45, 7) is 7.76. The van der Waals surface area contributed by atoms with E-state index in [2.05, 4.69) is 57.2 Å². The van der Waals surface area contributed by atoms with Gasteiger partial charge in [-0.3, -0.25) is 9.59 Å². The van der Waals surface area contributed by atoms with Gasteiger partial charge < -0.3 is 14.2 Å². The lowest BCUT2D eigenvalue weighted by Crippen LogP contribution is -2.30. The number of unbranched alkanes of at least 4 members (excludes halogenated alkanes) is 34. The van der Waals surface area contributed by atoms with E-state index in [-0.39, 0.29) is 25.2 Å². The van der Waals surface area contributed by atoms with E-state index in [4.69, 9.17) is 14.2 Å². The third-order valence-electron chi connectivity index (χ3n) is 12.2. The highest BCUT2D eigenvalue weighted by Crippen LogP contribution is 2.16. The molecule has 5 heteroatoms. The van der Waals surface area contributed by atoms with Crippen molar-refractivity contribution in [2.24, 2.45) is 0 Å². The summed E-state index contributed by atoms with van der Waals surface area (Å²) in [6, 6.07) is 0. The van der Waals surface area contributed by atoms with Crippen LogP contribution < -0.4 is 0 Å². The zero-order chi connectivity index (χ0) is 44.9. The Kier molecular flexibility index (Phi) is 51.8. The third kappa shape index (κ3) is 50.8. The summed E-state index contributed by atoms with van der Waals surface area (Å²) < 4.78 is 17.4. The smallest absolute Gasteiger partial charge is 0.306 e. The van der Waals surface area contributed by atoms with Crippen LogP contribution in [0.5, 0.6) is 0 Å². The van der Waals surface area contributed by atoms with Crippen LogP contribution in [-0.2, 0) is 23.8 Å². The van der Waals surface area contributed by atoms with E-state index in [0.717, 1.165) is 64.2 Å². The summed E-state index contributed by atoms with van der Waals surface area (Å²) in [5.74, 6) is -0.398. The number of allylic oxidation sites excluding steroid dienone is 6. The molecule has 0 fully saturated rings. The Labute approximate surface area is 387 Å². The summed E-state index contributed by atoms with van der Waals surface area (Å²) in [7, 11) is 0. The molecule has 0 aliphatic carbocycles. The topological polar surface area (TPSA) is 61.8 Å². The van der Waals surface area contributed by atoms with Gasteiger partial charge in [0.25, 0.3) is 0 Å². The van der Waals surface area contributed by atoms with E-state index in [9.17, 15) is 9.59 Å². The minimum atomic E-state index is -0.539. The van der Waals surface area contributed by atoms with Crippen LogP contribution in [0.3, 0.4) is 0 Å². The maximum absolute atomic E-state index is 12.8. The summed E-state index contributed by atoms with van der Waals surface area (Å²) in [4.78, 5) is 25.4. The Hall–Kier alpha value is -1.88. The second-order valence-electron chi connectivity index (χ2n) is 18.5. The Bertz CT molecular complexity index is 986. The number of esters is 2. The standard InChI is InChI=1S/C57H106O5/c1-4-7-10-13-16-19-22-25-28-29-31-32-35-38-41-44-47-50-56(58)61-54-55(53-60-52-49-46-43-40-37-34-27-24-21-18-15-12-9-6-3)62-57(59)51-48-45-42-39-36-33-30-26-23-20-17-14-11-8-5-2/h8,11,17,20,26,30,55H,4-7,9-10,12-16,18-19,21-25,27-29,31-54H2,1-3H3/b11-8-,20-17-,30-26-. The Morgan fingerprint density at radius 3 is 1.16 bits per heavy atom. The van der Waals surface area contributed by atoms with Crippen LogP contribution in [0.15, 0.2) is 36.5 Å². The molecule has 0 radical (unpaired) electrons. The van der Waals surface area contributed by atoms with Crippen molar-refractivity contribution in [2.75, 3.05) is 19.8 Å². The highest BCUT2D eigenvalue weighted by molar-refractivity contribution is 5.70. The molecule has 0 saturated heterocycles. The number of hydrogen-bond acceptors (Lipinski definition) is 5. The molecule has 0 aliphatic heterocycles. The lowest BCUT2D eigenvalue weighted by atomic mass is 10.0. The van der Waals surface area contributed by atoms with Crippen LogP contribution in [0.1, 0.15) is 290 Å². The molecule has 0 amide bonds. The van der Waals surface area contributed by atoms with E-state index in [1.54, 1.807) is 0 Å². The number of rotatable bonds is 51. The normalized spacial score (nSPS) is 12.4. The zero-order valence-electron chi connectivity index (χ0n) is 41.9. The van der Waals surface area contributed by atoms with Gasteiger partial charge in [-0.1, -0.05) is 263 Å². The first-order valence-corrected chi connectivity index (χ1v) is 27.5. The molecule has 5 nitrogen and oxygen atoms in total. The van der Waals surface area contributed by atoms with Crippen LogP contribution in [0.25, 0.3) is 0 Å². The molecular formula is C57H106O5. The lowest BCUT2D eigenvalue weighted by Gasteiger charge is -2.18. The van der Waals surface area contributed by atoms with Crippen molar-refractivity contribution < 1.29 is 23.8 Å². The number of carbonyl (C=O) groups excluding carboxylic acids is 2. The van der Waals surface area contributed by atoms with Gasteiger partial charge in [0.1, 0.15) is 6.61 Å². The Morgan fingerprint density at radius 2 is 0.726 bits per heavy atom. The molecule has 364 valence electrons. The Balaban J connectivity index is 4.23. The van der Waals surface area contributed by atoms with Gasteiger partial charge >= 0.3 is 11.9 Å². The quantitative estimate of drug-likeness (QED) is 0.0346. The van der Waals surface area contributed by atoms with Crippen LogP contribution in [-0.4, -0.2) is 37.9 Å². The van der Waals surface area contributed by atoms with Crippen molar-refractivity contribution >= 4 is 11.9 Å². The Morgan fingerprint density at radius 1 is 0.371 bits per heavy atom. The summed E-state index contributed by atoms with van der Waals surface area (Å²) in [5, 5.41) is 0. The van der Waals surface area contributed by atoms with E-state index < -0.39 is 6.10 Å². The second-order valence-corrected chi connectivity index (χ2v) is 18.5. The van der Waals surface area contributed by atoms with E-state index in [0.29, 0.717) is 19.4 Å². The van der Waals surface area contributed by atoms with Crippen molar-refractivity contribution in [1.29, 1.82) is 0 Å².